The van der Waals surface area contributed by atoms with Crippen molar-refractivity contribution < 1.29 is 19.4 Å². The number of carboxylic acids is 1. The predicted octanol–water partition coefficient (Wildman–Crippen LogP) is 0.624. The normalized spacial score (nSPS) is 24.2. The van der Waals surface area contributed by atoms with Gasteiger partial charge in [0.05, 0.1) is 18.4 Å². The van der Waals surface area contributed by atoms with Crippen molar-refractivity contribution in [2.75, 3.05) is 13.7 Å². The van der Waals surface area contributed by atoms with Gasteiger partial charge in [-0.15, -0.1) is 11.8 Å². The molecule has 0 spiro atoms. The van der Waals surface area contributed by atoms with E-state index in [0.717, 1.165) is 4.91 Å². The van der Waals surface area contributed by atoms with E-state index in [0.29, 0.717) is 19.4 Å². The zero-order chi connectivity index (χ0) is 11.0. The van der Waals surface area contributed by atoms with E-state index in [1.165, 1.54) is 16.7 Å². The van der Waals surface area contributed by atoms with Crippen LogP contribution in [0, 0.1) is 0 Å². The summed E-state index contributed by atoms with van der Waals surface area (Å²) in [6, 6.07) is 0. The van der Waals surface area contributed by atoms with Crippen molar-refractivity contribution >= 4 is 23.6 Å². The molecule has 1 atom stereocenters. The zero-order valence-corrected chi connectivity index (χ0v) is 9.04. The van der Waals surface area contributed by atoms with Crippen LogP contribution >= 0.6 is 11.8 Å². The van der Waals surface area contributed by atoms with E-state index in [-0.39, 0.29) is 17.0 Å². The number of methoxy groups -OCH3 is 1. The van der Waals surface area contributed by atoms with Gasteiger partial charge in [0.1, 0.15) is 5.70 Å². The predicted molar refractivity (Wildman–Crippen MR) is 54.0 cm³/mol. The first-order chi connectivity index (χ1) is 7.15. The lowest BCUT2D eigenvalue weighted by molar-refractivity contribution is -0.145. The Labute approximate surface area is 91.1 Å². The number of rotatable bonds is 4. The molecular formula is C9H11NO4S. The summed E-state index contributed by atoms with van der Waals surface area (Å²) >= 11 is 1.46. The molecule has 1 N–H and O–H groups in total. The summed E-state index contributed by atoms with van der Waals surface area (Å²) in [6.07, 6.45) is 1.00. The van der Waals surface area contributed by atoms with Crippen LogP contribution in [0.4, 0.5) is 0 Å². The fraction of sp³-hybridized carbons (Fsp3) is 0.556. The van der Waals surface area contributed by atoms with Gasteiger partial charge in [-0.1, -0.05) is 0 Å². The zero-order valence-electron chi connectivity index (χ0n) is 8.23. The second-order valence-corrected chi connectivity index (χ2v) is 4.63. The van der Waals surface area contributed by atoms with Crippen LogP contribution in [0.5, 0.6) is 0 Å². The number of hydrogen-bond donors (Lipinski definition) is 1. The molecule has 2 rings (SSSR count). The van der Waals surface area contributed by atoms with Crippen LogP contribution in [0.15, 0.2) is 10.6 Å². The van der Waals surface area contributed by atoms with E-state index in [4.69, 9.17) is 9.84 Å². The number of amides is 1. The fourth-order valence-corrected chi connectivity index (χ4v) is 3.08. The summed E-state index contributed by atoms with van der Waals surface area (Å²) in [4.78, 5) is 24.4. The highest BCUT2D eigenvalue weighted by Crippen LogP contribution is 2.47. The molecule has 1 amide bonds. The maximum atomic E-state index is 11.2. The smallest absolute Gasteiger partial charge is 0.353 e. The molecule has 82 valence electrons. The Balaban J connectivity index is 2.19. The largest absolute Gasteiger partial charge is 0.477 e. The van der Waals surface area contributed by atoms with E-state index < -0.39 is 5.97 Å². The molecular weight excluding hydrogens is 218 g/mol. The number of carbonyl (C=O) groups excluding carboxylic acids is 1. The van der Waals surface area contributed by atoms with Gasteiger partial charge in [0.15, 0.2) is 0 Å². The Morgan fingerprint density at radius 1 is 1.73 bits per heavy atom. The standard InChI is InChI=1S/C9H11NO4S/c1-14-3-2-5-8(9(12)13)10-6(11)4-7(10)15-5/h7H,2-4H2,1H3,(H,12,13). The highest BCUT2D eigenvalue weighted by molar-refractivity contribution is 8.04. The topological polar surface area (TPSA) is 66.8 Å². The molecule has 0 radical (unpaired) electrons. The lowest BCUT2D eigenvalue weighted by atomic mass is 10.1. The molecule has 0 aromatic heterocycles. The number of nitrogens with zero attached hydrogens (tertiary/aromatic N) is 1. The van der Waals surface area contributed by atoms with Gasteiger partial charge < -0.3 is 9.84 Å². The van der Waals surface area contributed by atoms with E-state index >= 15 is 0 Å². The SMILES string of the molecule is COCCC1=C(C(=O)O)N2C(=O)CC2S1. The van der Waals surface area contributed by atoms with Crippen molar-refractivity contribution in [1.29, 1.82) is 0 Å². The number of fused-ring (bicyclic) bond motifs is 1. The van der Waals surface area contributed by atoms with Crippen LogP contribution < -0.4 is 0 Å². The Morgan fingerprint density at radius 3 is 3.00 bits per heavy atom. The molecule has 0 bridgehead atoms. The average Bonchev–Trinajstić information content (AvgIpc) is 2.47. The number of carboxylic acid groups (broad SMARTS) is 1. The van der Waals surface area contributed by atoms with Crippen LogP contribution in [0.25, 0.3) is 0 Å². The summed E-state index contributed by atoms with van der Waals surface area (Å²) < 4.78 is 4.91. The van der Waals surface area contributed by atoms with Crippen molar-refractivity contribution in [2.24, 2.45) is 0 Å². The third-order valence-electron chi connectivity index (χ3n) is 2.43. The third-order valence-corrected chi connectivity index (χ3v) is 3.76. The van der Waals surface area contributed by atoms with Gasteiger partial charge in [-0.25, -0.2) is 4.79 Å². The van der Waals surface area contributed by atoms with Crippen molar-refractivity contribution in [3.8, 4) is 0 Å². The van der Waals surface area contributed by atoms with Gasteiger partial charge >= 0.3 is 5.97 Å². The van der Waals surface area contributed by atoms with Gasteiger partial charge in [0, 0.05) is 18.4 Å². The Hall–Kier alpha value is -1.01. The van der Waals surface area contributed by atoms with Gasteiger partial charge in [-0.05, 0) is 0 Å². The summed E-state index contributed by atoms with van der Waals surface area (Å²) in [5.41, 5.74) is 0.151. The first-order valence-electron chi connectivity index (χ1n) is 4.59. The number of carbonyl (C=O) groups is 2. The quantitative estimate of drug-likeness (QED) is 0.716. The highest BCUT2D eigenvalue weighted by Gasteiger charge is 2.47. The molecule has 2 aliphatic heterocycles. The second kappa shape index (κ2) is 3.86. The minimum absolute atomic E-state index is 0.00968. The van der Waals surface area contributed by atoms with E-state index in [9.17, 15) is 9.59 Å². The van der Waals surface area contributed by atoms with E-state index in [1.807, 2.05) is 0 Å². The van der Waals surface area contributed by atoms with Crippen LogP contribution in [0.1, 0.15) is 12.8 Å². The monoisotopic (exact) mass is 229 g/mol. The van der Waals surface area contributed by atoms with Crippen molar-refractivity contribution in [2.45, 2.75) is 18.2 Å². The number of β-lactam (4-membered cyclic amide) rings is 1. The number of thioether (sulfide) groups is 1. The molecule has 1 saturated heterocycles. The summed E-state index contributed by atoms with van der Waals surface area (Å²) in [5, 5.41) is 9.03. The third kappa shape index (κ3) is 1.63. The molecule has 2 aliphatic rings. The van der Waals surface area contributed by atoms with Crippen LogP contribution in [-0.4, -0.2) is 41.0 Å². The van der Waals surface area contributed by atoms with Crippen molar-refractivity contribution in [1.82, 2.24) is 4.90 Å². The van der Waals surface area contributed by atoms with Gasteiger partial charge in [-0.3, -0.25) is 9.69 Å². The van der Waals surface area contributed by atoms with Crippen molar-refractivity contribution in [3.63, 3.8) is 0 Å². The Bertz CT molecular complexity index is 352. The first-order valence-corrected chi connectivity index (χ1v) is 5.47. The van der Waals surface area contributed by atoms with Crippen LogP contribution in [-0.2, 0) is 14.3 Å². The molecule has 0 aromatic rings. The minimum atomic E-state index is -1.02. The molecule has 0 aliphatic carbocycles. The number of aliphatic carboxylic acids is 1. The molecule has 6 heteroatoms. The molecule has 1 fully saturated rings. The lowest BCUT2D eigenvalue weighted by Gasteiger charge is -2.33. The highest BCUT2D eigenvalue weighted by atomic mass is 32.2. The number of hydrogen-bond acceptors (Lipinski definition) is 4. The second-order valence-electron chi connectivity index (χ2n) is 3.36. The molecule has 2 heterocycles. The summed E-state index contributed by atoms with van der Waals surface area (Å²) in [7, 11) is 1.57. The average molecular weight is 229 g/mol. The van der Waals surface area contributed by atoms with Crippen LogP contribution in [0.3, 0.4) is 0 Å². The van der Waals surface area contributed by atoms with Crippen molar-refractivity contribution in [3.05, 3.63) is 10.6 Å². The molecule has 0 saturated carbocycles. The number of ether oxygens (including phenoxy) is 1. The van der Waals surface area contributed by atoms with Gasteiger partial charge in [0.25, 0.3) is 0 Å². The molecule has 0 aromatic carbocycles. The summed E-state index contributed by atoms with van der Waals surface area (Å²) in [6.45, 7) is 0.480. The summed E-state index contributed by atoms with van der Waals surface area (Å²) in [5.74, 6) is -1.12. The Morgan fingerprint density at radius 2 is 2.47 bits per heavy atom. The molecule has 1 unspecified atom stereocenters. The minimum Gasteiger partial charge on any atom is -0.477 e. The maximum absolute atomic E-state index is 11.2. The van der Waals surface area contributed by atoms with E-state index in [1.54, 1.807) is 7.11 Å². The Kier molecular flexibility index (Phi) is 2.70. The van der Waals surface area contributed by atoms with E-state index in [2.05, 4.69) is 0 Å². The van der Waals surface area contributed by atoms with Gasteiger partial charge in [0.2, 0.25) is 5.91 Å². The van der Waals surface area contributed by atoms with Gasteiger partial charge in [-0.2, -0.15) is 0 Å². The first kappa shape index (κ1) is 10.5. The molecule has 5 nitrogen and oxygen atoms in total. The van der Waals surface area contributed by atoms with Crippen LogP contribution in [0.2, 0.25) is 0 Å². The fourth-order valence-electron chi connectivity index (χ4n) is 1.70. The maximum Gasteiger partial charge on any atom is 0.353 e. The lowest BCUT2D eigenvalue weighted by Crippen LogP contribution is -2.48. The molecule has 15 heavy (non-hydrogen) atoms.